The predicted octanol–water partition coefficient (Wildman–Crippen LogP) is 6.29. The highest BCUT2D eigenvalue weighted by Gasteiger charge is 2.11. The van der Waals surface area contributed by atoms with E-state index in [1.54, 1.807) is 6.21 Å². The third kappa shape index (κ3) is 5.53. The van der Waals surface area contributed by atoms with Gasteiger partial charge in [-0.3, -0.25) is 9.79 Å². The molecule has 3 rings (SSSR count). The lowest BCUT2D eigenvalue weighted by Crippen LogP contribution is -2.20. The molecular weight excluding hydrogens is 484 g/mol. The number of nitrogens with zero attached hydrogens (tertiary/aromatic N) is 1. The summed E-state index contributed by atoms with van der Waals surface area (Å²) in [4.78, 5) is 16.6. The maximum absolute atomic E-state index is 12.1. The molecule has 0 aromatic heterocycles. The number of aryl methyl sites for hydroxylation is 1. The van der Waals surface area contributed by atoms with Crippen LogP contribution >= 0.6 is 31.9 Å². The first-order valence-electron chi connectivity index (χ1n) is 8.59. The number of hydrogen-bond acceptors (Lipinski definition) is 3. The average molecular weight is 502 g/mol. The zero-order valence-corrected chi connectivity index (χ0v) is 18.3. The van der Waals surface area contributed by atoms with E-state index in [1.165, 1.54) is 0 Å². The number of hydrogen-bond donors (Lipinski definition) is 1. The summed E-state index contributed by atoms with van der Waals surface area (Å²) in [6.07, 6.45) is 1.80. The first kappa shape index (κ1) is 20.3. The third-order valence-electron chi connectivity index (χ3n) is 3.89. The molecule has 0 aliphatic carbocycles. The monoisotopic (exact) mass is 500 g/mol. The van der Waals surface area contributed by atoms with Crippen molar-refractivity contribution in [1.29, 1.82) is 0 Å². The van der Waals surface area contributed by atoms with Gasteiger partial charge in [-0.2, -0.15) is 0 Å². The topological polar surface area (TPSA) is 50.7 Å². The molecule has 0 spiro atoms. The van der Waals surface area contributed by atoms with Crippen LogP contribution in [0.3, 0.4) is 0 Å². The van der Waals surface area contributed by atoms with Crippen molar-refractivity contribution in [3.05, 3.63) is 86.8 Å². The standard InChI is InChI=1S/C22H18Br2N2O2/c1-15-7-5-6-10-20(15)25-13-16-11-18(23)22(19(24)12-16)28-14-21(27)26-17-8-3-2-4-9-17/h2-13H,14H2,1H3,(H,26,27). The Labute approximate surface area is 180 Å². The van der Waals surface area contributed by atoms with Gasteiger partial charge in [0.1, 0.15) is 5.75 Å². The number of rotatable bonds is 6. The summed E-state index contributed by atoms with van der Waals surface area (Å²) < 4.78 is 7.16. The Morgan fingerprint density at radius 1 is 1.04 bits per heavy atom. The molecule has 0 fully saturated rings. The minimum Gasteiger partial charge on any atom is -0.481 e. The van der Waals surface area contributed by atoms with Crippen molar-refractivity contribution in [3.63, 3.8) is 0 Å². The molecule has 4 nitrogen and oxygen atoms in total. The van der Waals surface area contributed by atoms with Crippen LogP contribution in [0.1, 0.15) is 11.1 Å². The number of carbonyl (C=O) groups is 1. The summed E-state index contributed by atoms with van der Waals surface area (Å²) in [5, 5.41) is 2.79. The highest BCUT2D eigenvalue weighted by Crippen LogP contribution is 2.34. The number of aliphatic imine (C=N–C) groups is 1. The Morgan fingerprint density at radius 2 is 1.68 bits per heavy atom. The van der Waals surface area contributed by atoms with Gasteiger partial charge in [-0.05, 0) is 80.2 Å². The summed E-state index contributed by atoms with van der Waals surface area (Å²) in [5.41, 5.74) is 3.68. The van der Waals surface area contributed by atoms with Gasteiger partial charge >= 0.3 is 0 Å². The second kappa shape index (κ2) is 9.66. The lowest BCUT2D eigenvalue weighted by Gasteiger charge is -2.11. The predicted molar refractivity (Wildman–Crippen MR) is 121 cm³/mol. The van der Waals surface area contributed by atoms with Gasteiger partial charge < -0.3 is 10.1 Å². The van der Waals surface area contributed by atoms with E-state index in [2.05, 4.69) is 42.2 Å². The minimum absolute atomic E-state index is 0.0945. The van der Waals surface area contributed by atoms with Crippen molar-refractivity contribution >= 4 is 55.4 Å². The van der Waals surface area contributed by atoms with Crippen LogP contribution in [0.5, 0.6) is 5.75 Å². The van der Waals surface area contributed by atoms with Crippen LogP contribution in [0.15, 0.2) is 80.7 Å². The van der Waals surface area contributed by atoms with Gasteiger partial charge in [-0.1, -0.05) is 36.4 Å². The minimum atomic E-state index is -0.227. The number of halogens is 2. The largest absolute Gasteiger partial charge is 0.481 e. The smallest absolute Gasteiger partial charge is 0.262 e. The van der Waals surface area contributed by atoms with E-state index in [0.29, 0.717) is 5.75 Å². The van der Waals surface area contributed by atoms with E-state index >= 15 is 0 Å². The second-order valence-corrected chi connectivity index (χ2v) is 7.77. The van der Waals surface area contributed by atoms with Crippen LogP contribution in [0, 0.1) is 6.92 Å². The highest BCUT2D eigenvalue weighted by molar-refractivity contribution is 9.11. The zero-order valence-electron chi connectivity index (χ0n) is 15.2. The molecule has 0 radical (unpaired) electrons. The van der Waals surface area contributed by atoms with Crippen molar-refractivity contribution < 1.29 is 9.53 Å². The summed E-state index contributed by atoms with van der Waals surface area (Å²) >= 11 is 7.01. The fourth-order valence-corrected chi connectivity index (χ4v) is 3.95. The quantitative estimate of drug-likeness (QED) is 0.403. The normalized spacial score (nSPS) is 10.8. The fourth-order valence-electron chi connectivity index (χ4n) is 2.50. The van der Waals surface area contributed by atoms with E-state index < -0.39 is 0 Å². The molecule has 0 aliphatic heterocycles. The molecule has 0 aliphatic rings. The fraction of sp³-hybridized carbons (Fsp3) is 0.0909. The lowest BCUT2D eigenvalue weighted by molar-refractivity contribution is -0.118. The Hall–Kier alpha value is -2.44. The number of carbonyl (C=O) groups excluding carboxylic acids is 1. The molecule has 0 saturated carbocycles. The Balaban J connectivity index is 1.66. The molecule has 0 atom stereocenters. The van der Waals surface area contributed by atoms with Gasteiger partial charge in [0.25, 0.3) is 5.91 Å². The average Bonchev–Trinajstić information content (AvgIpc) is 2.67. The number of amides is 1. The number of benzene rings is 3. The molecule has 3 aromatic carbocycles. The molecule has 1 N–H and O–H groups in total. The zero-order chi connectivity index (χ0) is 19.9. The van der Waals surface area contributed by atoms with Gasteiger partial charge in [0.2, 0.25) is 0 Å². The number of anilines is 1. The number of ether oxygens (including phenoxy) is 1. The molecule has 0 heterocycles. The van der Waals surface area contributed by atoms with Gasteiger partial charge in [0, 0.05) is 11.9 Å². The Morgan fingerprint density at radius 3 is 2.36 bits per heavy atom. The lowest BCUT2D eigenvalue weighted by atomic mass is 10.2. The van der Waals surface area contributed by atoms with Gasteiger partial charge in [0.15, 0.2) is 6.61 Å². The number of nitrogens with one attached hydrogen (secondary N) is 1. The number of para-hydroxylation sites is 2. The molecule has 3 aromatic rings. The van der Waals surface area contributed by atoms with Crippen molar-refractivity contribution in [2.45, 2.75) is 6.92 Å². The summed E-state index contributed by atoms with van der Waals surface area (Å²) in [6.45, 7) is 1.93. The van der Waals surface area contributed by atoms with Crippen molar-refractivity contribution in [2.75, 3.05) is 11.9 Å². The molecule has 0 bridgehead atoms. The Kier molecular flexibility index (Phi) is 7.01. The van der Waals surface area contributed by atoms with Crippen LogP contribution in [-0.2, 0) is 4.79 Å². The van der Waals surface area contributed by atoms with Crippen LogP contribution in [0.25, 0.3) is 0 Å². The summed E-state index contributed by atoms with van der Waals surface area (Å²) in [7, 11) is 0. The van der Waals surface area contributed by atoms with E-state index in [1.807, 2.05) is 73.7 Å². The van der Waals surface area contributed by atoms with E-state index in [4.69, 9.17) is 4.74 Å². The van der Waals surface area contributed by atoms with E-state index in [0.717, 1.165) is 31.4 Å². The maximum atomic E-state index is 12.1. The molecule has 28 heavy (non-hydrogen) atoms. The van der Waals surface area contributed by atoms with Crippen molar-refractivity contribution in [2.24, 2.45) is 4.99 Å². The van der Waals surface area contributed by atoms with Gasteiger partial charge in [0.05, 0.1) is 14.6 Å². The van der Waals surface area contributed by atoms with E-state index in [9.17, 15) is 4.79 Å². The van der Waals surface area contributed by atoms with Crippen LogP contribution in [0.4, 0.5) is 11.4 Å². The molecule has 0 saturated heterocycles. The first-order valence-corrected chi connectivity index (χ1v) is 10.2. The Bertz CT molecular complexity index is 981. The van der Waals surface area contributed by atoms with Crippen molar-refractivity contribution in [1.82, 2.24) is 0 Å². The third-order valence-corrected chi connectivity index (χ3v) is 5.07. The van der Waals surface area contributed by atoms with Crippen molar-refractivity contribution in [3.8, 4) is 5.75 Å². The highest BCUT2D eigenvalue weighted by atomic mass is 79.9. The molecule has 0 unspecified atom stereocenters. The van der Waals surface area contributed by atoms with Crippen LogP contribution in [-0.4, -0.2) is 18.7 Å². The van der Waals surface area contributed by atoms with Crippen LogP contribution in [0.2, 0.25) is 0 Å². The molecular formula is C22H18Br2N2O2. The second-order valence-electron chi connectivity index (χ2n) is 6.06. The SMILES string of the molecule is Cc1ccccc1N=Cc1cc(Br)c(OCC(=O)Nc2ccccc2)c(Br)c1. The summed E-state index contributed by atoms with van der Waals surface area (Å²) in [5.74, 6) is 0.339. The first-order chi connectivity index (χ1) is 13.5. The van der Waals surface area contributed by atoms with E-state index in [-0.39, 0.29) is 12.5 Å². The summed E-state index contributed by atoms with van der Waals surface area (Å²) in [6, 6.07) is 21.0. The molecule has 1 amide bonds. The molecule has 142 valence electrons. The van der Waals surface area contributed by atoms with Gasteiger partial charge in [-0.25, -0.2) is 0 Å². The van der Waals surface area contributed by atoms with Crippen LogP contribution < -0.4 is 10.1 Å². The maximum Gasteiger partial charge on any atom is 0.262 e. The molecule has 6 heteroatoms. The van der Waals surface area contributed by atoms with Gasteiger partial charge in [-0.15, -0.1) is 0 Å².